The number of carbonyl (C=O) groups is 1. The number of rotatable bonds is 4. The molecule has 4 N–H and O–H groups in total. The normalized spacial score (nSPS) is 10.9. The van der Waals surface area contributed by atoms with Gasteiger partial charge in [-0.3, -0.25) is 5.32 Å². The van der Waals surface area contributed by atoms with Crippen molar-refractivity contribution in [2.75, 3.05) is 16.0 Å². The number of urea groups is 1. The molecule has 0 saturated carbocycles. The maximum absolute atomic E-state index is 13.4. The maximum atomic E-state index is 13.4. The van der Waals surface area contributed by atoms with Crippen LogP contribution in [0.1, 0.15) is 11.3 Å². The molecule has 1 aromatic heterocycles. The number of hydrogen-bond acceptors (Lipinski definition) is 7. The lowest BCUT2D eigenvalue weighted by molar-refractivity contribution is 0.261. The summed E-state index contributed by atoms with van der Waals surface area (Å²) in [6.07, 6.45) is 0. The molecule has 0 atom stereocenters. The van der Waals surface area contributed by atoms with Gasteiger partial charge in [-0.15, -0.1) is 0 Å². The smallest absolute Gasteiger partial charge is 0.325 e. The summed E-state index contributed by atoms with van der Waals surface area (Å²) in [5.41, 5.74) is 1.02. The van der Waals surface area contributed by atoms with Gasteiger partial charge in [-0.1, -0.05) is 11.2 Å². The molecule has 0 unspecified atom stereocenters. The molecule has 3 rings (SSSR count). The second-order valence-electron chi connectivity index (χ2n) is 5.44. The largest absolute Gasteiger partial charge is 0.409 e. The summed E-state index contributed by atoms with van der Waals surface area (Å²) in [5.74, 6) is -0.812. The highest BCUT2D eigenvalue weighted by molar-refractivity contribution is 9.10. The first-order valence-electron chi connectivity index (χ1n) is 7.85. The molecule has 0 aliphatic rings. The summed E-state index contributed by atoms with van der Waals surface area (Å²) in [7, 11) is 0. The Morgan fingerprint density at radius 1 is 1.17 bits per heavy atom. The Balaban J connectivity index is 1.74. The van der Waals surface area contributed by atoms with Crippen LogP contribution in [0.2, 0.25) is 0 Å². The number of nitrogens with zero attached hydrogens (tertiary/aromatic N) is 4. The van der Waals surface area contributed by atoms with Crippen LogP contribution in [0.15, 0.2) is 56.7 Å². The lowest BCUT2D eigenvalue weighted by Gasteiger charge is -2.09. The van der Waals surface area contributed by atoms with Crippen molar-refractivity contribution in [3.8, 4) is 6.07 Å². The maximum Gasteiger partial charge on any atom is 0.325 e. The molecule has 12 heteroatoms. The van der Waals surface area contributed by atoms with Crippen LogP contribution in [0.3, 0.4) is 0 Å². The highest BCUT2D eigenvalue weighted by atomic mass is 79.9. The fourth-order valence-electron chi connectivity index (χ4n) is 2.20. The highest BCUT2D eigenvalue weighted by Crippen LogP contribution is 2.21. The number of anilines is 3. The molecule has 0 radical (unpaired) electrons. The lowest BCUT2D eigenvalue weighted by atomic mass is 10.2. The number of carbonyl (C=O) groups excluding carboxylic acids is 1. The molecule has 3 aromatic rings. The lowest BCUT2D eigenvalue weighted by Crippen LogP contribution is -2.23. The quantitative estimate of drug-likeness (QED) is 0.201. The number of nitriles is 1. The predicted molar refractivity (Wildman–Crippen MR) is 104 cm³/mol. The SMILES string of the molecule is N#Cc1cccc(NC(=O)Nc2nonc2/C(=N\O)Nc2ccc(F)c(Br)c2)c1. The second kappa shape index (κ2) is 8.81. The van der Waals surface area contributed by atoms with Gasteiger partial charge in [-0.2, -0.15) is 5.26 Å². The average Bonchev–Trinajstić information content (AvgIpc) is 3.16. The van der Waals surface area contributed by atoms with E-state index in [0.29, 0.717) is 16.9 Å². The van der Waals surface area contributed by atoms with Crippen LogP contribution in [0.5, 0.6) is 0 Å². The van der Waals surface area contributed by atoms with Crippen LogP contribution in [0.25, 0.3) is 0 Å². The summed E-state index contributed by atoms with van der Waals surface area (Å²) in [6.45, 7) is 0. The summed E-state index contributed by atoms with van der Waals surface area (Å²) < 4.78 is 18.2. The third-order valence-electron chi connectivity index (χ3n) is 3.48. The Kier molecular flexibility index (Phi) is 6.00. The van der Waals surface area contributed by atoms with E-state index < -0.39 is 11.8 Å². The van der Waals surface area contributed by atoms with Gasteiger partial charge in [0.15, 0.2) is 5.69 Å². The predicted octanol–water partition coefficient (Wildman–Crippen LogP) is 3.73. The molecule has 29 heavy (non-hydrogen) atoms. The molecule has 0 bridgehead atoms. The van der Waals surface area contributed by atoms with E-state index in [1.165, 1.54) is 24.3 Å². The minimum atomic E-state index is -0.696. The Labute approximate surface area is 171 Å². The number of halogens is 2. The summed E-state index contributed by atoms with van der Waals surface area (Å²) in [4.78, 5) is 12.2. The van der Waals surface area contributed by atoms with Crippen molar-refractivity contribution in [1.29, 1.82) is 5.26 Å². The molecule has 0 fully saturated rings. The second-order valence-corrected chi connectivity index (χ2v) is 6.29. The molecule has 1 heterocycles. The Hall–Kier alpha value is -3.98. The first-order valence-corrected chi connectivity index (χ1v) is 8.64. The monoisotopic (exact) mass is 459 g/mol. The molecular weight excluding hydrogens is 449 g/mol. The van der Waals surface area contributed by atoms with Crippen molar-refractivity contribution in [3.05, 3.63) is 64.0 Å². The molecule has 146 valence electrons. The number of hydrogen-bond donors (Lipinski definition) is 4. The first-order chi connectivity index (χ1) is 14.0. The minimum absolute atomic E-state index is 0.103. The highest BCUT2D eigenvalue weighted by Gasteiger charge is 2.20. The van der Waals surface area contributed by atoms with Gasteiger partial charge in [0.05, 0.1) is 16.1 Å². The van der Waals surface area contributed by atoms with Crippen molar-refractivity contribution >= 4 is 45.0 Å². The summed E-state index contributed by atoms with van der Waals surface area (Å²) in [5, 5.41) is 36.1. The van der Waals surface area contributed by atoms with E-state index in [2.05, 4.69) is 52.0 Å². The van der Waals surface area contributed by atoms with Gasteiger partial charge in [0.1, 0.15) is 5.82 Å². The van der Waals surface area contributed by atoms with Crippen molar-refractivity contribution in [2.24, 2.45) is 5.16 Å². The Bertz CT molecular complexity index is 1130. The van der Waals surface area contributed by atoms with Crippen LogP contribution >= 0.6 is 15.9 Å². The van der Waals surface area contributed by atoms with E-state index in [9.17, 15) is 14.4 Å². The van der Waals surface area contributed by atoms with Gasteiger partial charge in [-0.25, -0.2) is 13.8 Å². The molecule has 10 nitrogen and oxygen atoms in total. The zero-order chi connectivity index (χ0) is 20.8. The molecular formula is C17H11BrFN7O3. The number of amides is 2. The van der Waals surface area contributed by atoms with E-state index in [0.717, 1.165) is 0 Å². The Morgan fingerprint density at radius 2 is 1.97 bits per heavy atom. The fourth-order valence-corrected chi connectivity index (χ4v) is 2.58. The number of aromatic nitrogens is 2. The fraction of sp³-hybridized carbons (Fsp3) is 0. The summed E-state index contributed by atoms with van der Waals surface area (Å²) in [6, 6.07) is 11.6. The minimum Gasteiger partial charge on any atom is -0.409 e. The van der Waals surface area contributed by atoms with Gasteiger partial charge in [0, 0.05) is 11.4 Å². The van der Waals surface area contributed by atoms with E-state index in [1.807, 2.05) is 6.07 Å². The molecule has 0 aliphatic carbocycles. The van der Waals surface area contributed by atoms with Crippen molar-refractivity contribution in [3.63, 3.8) is 0 Å². The Morgan fingerprint density at radius 3 is 2.69 bits per heavy atom. The molecule has 0 spiro atoms. The van der Waals surface area contributed by atoms with E-state index >= 15 is 0 Å². The van der Waals surface area contributed by atoms with Crippen LogP contribution < -0.4 is 16.0 Å². The number of nitrogens with one attached hydrogen (secondary N) is 3. The molecule has 0 saturated heterocycles. The van der Waals surface area contributed by atoms with Gasteiger partial charge in [0.25, 0.3) is 0 Å². The van der Waals surface area contributed by atoms with E-state index in [4.69, 9.17) is 5.26 Å². The van der Waals surface area contributed by atoms with Crippen LogP contribution in [0.4, 0.5) is 26.4 Å². The molecule has 2 amide bonds. The summed E-state index contributed by atoms with van der Waals surface area (Å²) >= 11 is 3.05. The van der Waals surface area contributed by atoms with E-state index in [1.54, 1.807) is 18.2 Å². The third kappa shape index (κ3) is 4.85. The molecule has 0 aliphatic heterocycles. The first kappa shape index (κ1) is 19.8. The number of oxime groups is 1. The van der Waals surface area contributed by atoms with Crippen LogP contribution in [-0.2, 0) is 0 Å². The topological polar surface area (TPSA) is 148 Å². The van der Waals surface area contributed by atoms with E-state index in [-0.39, 0.29) is 21.8 Å². The molecule has 2 aromatic carbocycles. The van der Waals surface area contributed by atoms with Crippen LogP contribution in [-0.4, -0.2) is 27.4 Å². The van der Waals surface area contributed by atoms with Gasteiger partial charge >= 0.3 is 6.03 Å². The third-order valence-corrected chi connectivity index (χ3v) is 4.08. The van der Waals surface area contributed by atoms with Crippen molar-refractivity contribution in [1.82, 2.24) is 10.3 Å². The van der Waals surface area contributed by atoms with Crippen molar-refractivity contribution in [2.45, 2.75) is 0 Å². The standard InChI is InChI=1S/C17H11BrFN7O3/c18-12-7-11(4-5-13(12)19)21-15(24-28)14-16(26-29-25-14)23-17(27)22-10-3-1-2-9(6-10)8-20/h1-7,28H,(H,21,24)(H2,22,23,26,27). The zero-order valence-corrected chi connectivity index (χ0v) is 15.9. The van der Waals surface area contributed by atoms with Gasteiger partial charge in [-0.05, 0) is 62.6 Å². The van der Waals surface area contributed by atoms with Gasteiger partial charge < -0.3 is 15.8 Å². The van der Waals surface area contributed by atoms with Gasteiger partial charge in [0.2, 0.25) is 11.7 Å². The van der Waals surface area contributed by atoms with Crippen molar-refractivity contribution < 1.29 is 19.0 Å². The zero-order valence-electron chi connectivity index (χ0n) is 14.3. The number of amidine groups is 1. The number of benzene rings is 2. The van der Waals surface area contributed by atoms with Crippen LogP contribution in [0, 0.1) is 17.1 Å². The average molecular weight is 460 g/mol.